The van der Waals surface area contributed by atoms with Gasteiger partial charge in [-0.1, -0.05) is 22.8 Å². The van der Waals surface area contributed by atoms with Crippen LogP contribution in [-0.2, 0) is 4.79 Å². The lowest BCUT2D eigenvalue weighted by Crippen LogP contribution is -2.39. The highest BCUT2D eigenvalue weighted by Gasteiger charge is 2.35. The summed E-state index contributed by atoms with van der Waals surface area (Å²) in [6, 6.07) is 14.6. The Bertz CT molecular complexity index is 1760. The number of hydrogen-bond donors (Lipinski definition) is 1. The molecule has 0 spiro atoms. The average molecular weight is 562 g/mol. The van der Waals surface area contributed by atoms with Crippen LogP contribution in [0.2, 0.25) is 5.02 Å². The minimum absolute atomic E-state index is 0.180. The molecule has 1 fully saturated rings. The number of imidazole rings is 1. The van der Waals surface area contributed by atoms with E-state index in [9.17, 15) is 13.6 Å². The second kappa shape index (κ2) is 10.1. The zero-order chi connectivity index (χ0) is 28.1. The molecule has 5 aromatic rings. The van der Waals surface area contributed by atoms with Crippen LogP contribution in [0.15, 0.2) is 59.1 Å². The third-order valence-corrected chi connectivity index (χ3v) is 7.72. The van der Waals surface area contributed by atoms with Crippen LogP contribution in [0.25, 0.3) is 27.8 Å². The normalized spacial score (nSPS) is 15.7. The zero-order valence-corrected chi connectivity index (χ0v) is 22.9. The fourth-order valence-electron chi connectivity index (χ4n) is 5.56. The van der Waals surface area contributed by atoms with E-state index in [-0.39, 0.29) is 11.6 Å². The number of hydrogen-bond acceptors (Lipinski definition) is 5. The van der Waals surface area contributed by atoms with Crippen LogP contribution in [0.3, 0.4) is 0 Å². The van der Waals surface area contributed by atoms with Crippen molar-refractivity contribution in [3.05, 3.63) is 88.5 Å². The Hall–Kier alpha value is -4.24. The van der Waals surface area contributed by atoms with Crippen molar-refractivity contribution >= 4 is 39.9 Å². The molecule has 1 amide bonds. The molecule has 1 N–H and O–H groups in total. The zero-order valence-electron chi connectivity index (χ0n) is 22.1. The number of nitrogens with one attached hydrogen (secondary N) is 1. The average Bonchev–Trinajstić information content (AvgIpc) is 3.48. The van der Waals surface area contributed by atoms with Crippen LogP contribution in [0, 0.1) is 25.5 Å². The van der Waals surface area contributed by atoms with E-state index in [0.717, 1.165) is 45.8 Å². The van der Waals surface area contributed by atoms with Gasteiger partial charge in [0.15, 0.2) is 11.6 Å². The van der Waals surface area contributed by atoms with Crippen LogP contribution >= 0.6 is 11.6 Å². The van der Waals surface area contributed by atoms with Crippen molar-refractivity contribution in [2.45, 2.75) is 39.2 Å². The second-order valence-corrected chi connectivity index (χ2v) is 10.3. The molecule has 1 aliphatic heterocycles. The van der Waals surface area contributed by atoms with Crippen LogP contribution in [0.4, 0.5) is 20.2 Å². The van der Waals surface area contributed by atoms with Gasteiger partial charge in [-0.2, -0.15) is 0 Å². The molecule has 6 rings (SSSR count). The minimum Gasteiger partial charge on any atom is -0.387 e. The lowest BCUT2D eigenvalue weighted by atomic mass is 9.99. The molecule has 2 aromatic heterocycles. The fraction of sp³-hybridized carbons (Fsp3) is 0.233. The summed E-state index contributed by atoms with van der Waals surface area (Å²) in [5.41, 5.74) is 5.90. The number of aromatic nitrogens is 3. The highest BCUT2D eigenvalue weighted by atomic mass is 35.5. The van der Waals surface area contributed by atoms with Crippen molar-refractivity contribution in [3.8, 4) is 16.8 Å². The van der Waals surface area contributed by atoms with Crippen molar-refractivity contribution in [1.29, 1.82) is 0 Å². The third-order valence-electron chi connectivity index (χ3n) is 7.41. The van der Waals surface area contributed by atoms with Gasteiger partial charge in [-0.3, -0.25) is 9.36 Å². The van der Waals surface area contributed by atoms with Crippen LogP contribution in [-0.4, -0.2) is 27.7 Å². The number of halogens is 3. The monoisotopic (exact) mass is 561 g/mol. The smallest absolute Gasteiger partial charge is 0.227 e. The van der Waals surface area contributed by atoms with Crippen molar-refractivity contribution in [2.24, 2.45) is 0 Å². The number of benzene rings is 3. The quantitative estimate of drug-likeness (QED) is 0.240. The number of aryl methyl sites for hydroxylation is 2. The summed E-state index contributed by atoms with van der Waals surface area (Å²) in [4.78, 5) is 19.9. The summed E-state index contributed by atoms with van der Waals surface area (Å²) in [5, 5.41) is 7.68. The molecule has 3 aromatic carbocycles. The standard InChI is InChI=1S/C30H26ClF2N5O2/c1-16-29(17(2)40-36-16)18-7-12-26-25(13-18)35-30(38(26)19-9-11-24(34-3)21(31)14-19)27-5-4-6-28(39)37(27)20-8-10-22(32)23(33)15-20/h7-15,27,34H,4-6H2,1-3H3/t27-/m0/s1. The Balaban J connectivity index is 1.58. The number of piperidine rings is 1. The first-order chi connectivity index (χ1) is 19.3. The van der Waals surface area contributed by atoms with Gasteiger partial charge in [0.2, 0.25) is 5.91 Å². The Morgan fingerprint density at radius 1 is 1.02 bits per heavy atom. The lowest BCUT2D eigenvalue weighted by Gasteiger charge is -2.35. The maximum atomic E-state index is 14.3. The maximum absolute atomic E-state index is 14.3. The summed E-state index contributed by atoms with van der Waals surface area (Å²) in [7, 11) is 1.79. The Morgan fingerprint density at radius 3 is 2.52 bits per heavy atom. The van der Waals surface area contributed by atoms with E-state index >= 15 is 0 Å². The molecule has 0 radical (unpaired) electrons. The summed E-state index contributed by atoms with van der Waals surface area (Å²) in [5.74, 6) is -0.865. The molecule has 0 aliphatic carbocycles. The van der Waals surface area contributed by atoms with Crippen molar-refractivity contribution in [1.82, 2.24) is 14.7 Å². The van der Waals surface area contributed by atoms with Gasteiger partial charge < -0.3 is 14.7 Å². The number of fused-ring (bicyclic) bond motifs is 1. The predicted octanol–water partition coefficient (Wildman–Crippen LogP) is 7.53. The molecule has 10 heteroatoms. The van der Waals surface area contributed by atoms with Crippen molar-refractivity contribution < 1.29 is 18.1 Å². The first-order valence-electron chi connectivity index (χ1n) is 13.0. The maximum Gasteiger partial charge on any atom is 0.227 e. The topological polar surface area (TPSA) is 76.2 Å². The molecule has 0 saturated carbocycles. The minimum atomic E-state index is -1.01. The van der Waals surface area contributed by atoms with E-state index in [0.29, 0.717) is 41.4 Å². The van der Waals surface area contributed by atoms with Gasteiger partial charge in [0.05, 0.1) is 33.5 Å². The Morgan fingerprint density at radius 2 is 1.82 bits per heavy atom. The summed E-state index contributed by atoms with van der Waals surface area (Å²) < 4.78 is 35.5. The number of amides is 1. The molecule has 7 nitrogen and oxygen atoms in total. The van der Waals surface area contributed by atoms with Crippen LogP contribution in [0.1, 0.15) is 42.6 Å². The lowest BCUT2D eigenvalue weighted by molar-refractivity contribution is -0.120. The molecule has 3 heterocycles. The summed E-state index contributed by atoms with van der Waals surface area (Å²) in [6.45, 7) is 3.75. The van der Waals surface area contributed by atoms with Gasteiger partial charge in [-0.05, 0) is 74.7 Å². The molecule has 1 aliphatic rings. The largest absolute Gasteiger partial charge is 0.387 e. The number of rotatable bonds is 5. The Kier molecular flexibility index (Phi) is 6.54. The van der Waals surface area contributed by atoms with E-state index in [1.807, 2.05) is 54.8 Å². The van der Waals surface area contributed by atoms with Crippen molar-refractivity contribution in [3.63, 3.8) is 0 Å². The van der Waals surface area contributed by atoms with Crippen LogP contribution < -0.4 is 10.2 Å². The summed E-state index contributed by atoms with van der Waals surface area (Å²) in [6.07, 6.45) is 1.53. The summed E-state index contributed by atoms with van der Waals surface area (Å²) >= 11 is 6.59. The molecule has 0 unspecified atom stereocenters. The molecule has 1 saturated heterocycles. The fourth-order valence-corrected chi connectivity index (χ4v) is 5.83. The van der Waals surface area contributed by atoms with Crippen molar-refractivity contribution in [2.75, 3.05) is 17.3 Å². The molecular weight excluding hydrogens is 536 g/mol. The molecule has 1 atom stereocenters. The van der Waals surface area contributed by atoms with E-state index in [2.05, 4.69) is 10.5 Å². The third kappa shape index (κ3) is 4.30. The highest BCUT2D eigenvalue weighted by Crippen LogP contribution is 2.40. The van der Waals surface area contributed by atoms with Crippen LogP contribution in [0.5, 0.6) is 0 Å². The first kappa shape index (κ1) is 26.0. The molecule has 40 heavy (non-hydrogen) atoms. The van der Waals surface area contributed by atoms with Gasteiger partial charge in [-0.25, -0.2) is 13.8 Å². The first-order valence-corrected chi connectivity index (χ1v) is 13.3. The van der Waals surface area contributed by atoms with E-state index in [1.54, 1.807) is 7.05 Å². The SMILES string of the molecule is CNc1ccc(-n2c([C@@H]3CCCC(=O)N3c3ccc(F)c(F)c3)nc3cc(-c4c(C)noc4C)ccc32)cc1Cl. The predicted molar refractivity (Wildman–Crippen MR) is 151 cm³/mol. The van der Waals surface area contributed by atoms with Gasteiger partial charge in [0.25, 0.3) is 0 Å². The molecule has 0 bridgehead atoms. The second-order valence-electron chi connectivity index (χ2n) is 9.89. The number of carbonyl (C=O) groups excluding carboxylic acids is 1. The number of nitrogens with zero attached hydrogens (tertiary/aromatic N) is 4. The number of anilines is 2. The highest BCUT2D eigenvalue weighted by molar-refractivity contribution is 6.33. The van der Waals surface area contributed by atoms with E-state index in [1.165, 1.54) is 11.0 Å². The molecule has 204 valence electrons. The van der Waals surface area contributed by atoms with Gasteiger partial charge in [0, 0.05) is 36.5 Å². The van der Waals surface area contributed by atoms with Gasteiger partial charge in [0.1, 0.15) is 11.6 Å². The van der Waals surface area contributed by atoms with E-state index in [4.69, 9.17) is 21.1 Å². The molecular formula is C30H26ClF2N5O2. The number of carbonyl (C=O) groups is 1. The van der Waals surface area contributed by atoms with E-state index < -0.39 is 17.7 Å². The van der Waals surface area contributed by atoms with Gasteiger partial charge in [-0.15, -0.1) is 0 Å². The van der Waals surface area contributed by atoms with Gasteiger partial charge >= 0.3 is 0 Å². The Labute approximate surface area is 234 Å².